The van der Waals surface area contributed by atoms with E-state index in [4.69, 9.17) is 16.9 Å². The number of nitriles is 1. The van der Waals surface area contributed by atoms with Crippen molar-refractivity contribution in [2.24, 2.45) is 0 Å². The summed E-state index contributed by atoms with van der Waals surface area (Å²) >= 11 is 9.12. The number of rotatable bonds is 2. The number of alkyl halides is 1. The molecule has 0 aliphatic heterocycles. The molecule has 0 radical (unpaired) electrons. The molecule has 15 heavy (non-hydrogen) atoms. The third kappa shape index (κ3) is 2.49. The van der Waals surface area contributed by atoms with Gasteiger partial charge in [0.15, 0.2) is 0 Å². The Morgan fingerprint density at radius 3 is 2.80 bits per heavy atom. The summed E-state index contributed by atoms with van der Waals surface area (Å²) in [4.78, 5) is 11.3. The van der Waals surface area contributed by atoms with Gasteiger partial charge in [0.25, 0.3) is 0 Å². The van der Waals surface area contributed by atoms with E-state index in [2.05, 4.69) is 20.7 Å². The average Bonchev–Trinajstić information content (AvgIpc) is 2.28. The highest BCUT2D eigenvalue weighted by molar-refractivity contribution is 9.08. The smallest absolute Gasteiger partial charge is 0.339 e. The lowest BCUT2D eigenvalue weighted by molar-refractivity contribution is 0.0601. The van der Waals surface area contributed by atoms with E-state index < -0.39 is 5.97 Å². The Hall–Kier alpha value is -1.05. The van der Waals surface area contributed by atoms with Crippen molar-refractivity contribution in [2.75, 3.05) is 7.11 Å². The highest BCUT2D eigenvalue weighted by atomic mass is 79.9. The lowest BCUT2D eigenvalue weighted by atomic mass is 10.1. The summed E-state index contributed by atoms with van der Waals surface area (Å²) < 4.78 is 4.57. The molecule has 0 spiro atoms. The molecule has 0 saturated carbocycles. The van der Waals surface area contributed by atoms with E-state index in [9.17, 15) is 4.79 Å². The van der Waals surface area contributed by atoms with Gasteiger partial charge in [0.05, 0.1) is 23.3 Å². The maximum Gasteiger partial charge on any atom is 0.339 e. The first-order chi connectivity index (χ1) is 7.13. The molecular weight excluding hydrogens is 281 g/mol. The Morgan fingerprint density at radius 2 is 2.33 bits per heavy atom. The number of carbonyl (C=O) groups is 1. The molecule has 0 aromatic heterocycles. The Labute approximate surface area is 101 Å². The summed E-state index contributed by atoms with van der Waals surface area (Å²) in [5, 5.41) is 9.49. The maximum absolute atomic E-state index is 11.3. The van der Waals surface area contributed by atoms with Crippen LogP contribution in [-0.2, 0) is 10.1 Å². The second-order valence-electron chi connectivity index (χ2n) is 2.74. The summed E-state index contributed by atoms with van der Waals surface area (Å²) in [6.45, 7) is 0. The minimum atomic E-state index is -0.542. The van der Waals surface area contributed by atoms with Gasteiger partial charge in [-0.15, -0.1) is 0 Å². The summed E-state index contributed by atoms with van der Waals surface area (Å²) in [6, 6.07) is 5.16. The standard InChI is InChI=1S/C10H7BrClNO2/c1-15-10(14)8-3-6(4-11)2-7(5-13)9(8)12/h2-3H,4H2,1H3. The van der Waals surface area contributed by atoms with E-state index in [1.807, 2.05) is 6.07 Å². The van der Waals surface area contributed by atoms with Gasteiger partial charge in [-0.05, 0) is 17.7 Å². The van der Waals surface area contributed by atoms with Crippen molar-refractivity contribution < 1.29 is 9.53 Å². The van der Waals surface area contributed by atoms with Crippen molar-refractivity contribution >= 4 is 33.5 Å². The zero-order chi connectivity index (χ0) is 11.4. The molecule has 0 bridgehead atoms. The van der Waals surface area contributed by atoms with Crippen LogP contribution in [0.15, 0.2) is 12.1 Å². The van der Waals surface area contributed by atoms with Crippen LogP contribution >= 0.6 is 27.5 Å². The number of halogens is 2. The first-order valence-electron chi connectivity index (χ1n) is 4.00. The van der Waals surface area contributed by atoms with Crippen molar-refractivity contribution in [1.29, 1.82) is 5.26 Å². The molecule has 0 N–H and O–H groups in total. The third-order valence-electron chi connectivity index (χ3n) is 1.81. The topological polar surface area (TPSA) is 50.1 Å². The van der Waals surface area contributed by atoms with Crippen LogP contribution < -0.4 is 0 Å². The van der Waals surface area contributed by atoms with Crippen LogP contribution in [0.4, 0.5) is 0 Å². The van der Waals surface area contributed by atoms with E-state index in [0.717, 1.165) is 5.56 Å². The van der Waals surface area contributed by atoms with Crippen molar-refractivity contribution in [3.63, 3.8) is 0 Å². The largest absolute Gasteiger partial charge is 0.465 e. The number of nitrogens with zero attached hydrogens (tertiary/aromatic N) is 1. The van der Waals surface area contributed by atoms with Crippen molar-refractivity contribution in [3.05, 3.63) is 33.8 Å². The van der Waals surface area contributed by atoms with Gasteiger partial charge in [-0.25, -0.2) is 4.79 Å². The molecule has 1 aromatic rings. The predicted molar refractivity (Wildman–Crippen MR) is 60.1 cm³/mol. The molecule has 0 heterocycles. The van der Waals surface area contributed by atoms with Crippen LogP contribution in [0.1, 0.15) is 21.5 Å². The second kappa shape index (κ2) is 5.15. The molecule has 0 atom stereocenters. The number of hydrogen-bond donors (Lipinski definition) is 0. The Morgan fingerprint density at radius 1 is 1.67 bits per heavy atom. The first-order valence-corrected chi connectivity index (χ1v) is 5.50. The van der Waals surface area contributed by atoms with Crippen LogP contribution in [0, 0.1) is 11.3 Å². The van der Waals surface area contributed by atoms with E-state index in [1.165, 1.54) is 7.11 Å². The molecule has 0 fully saturated rings. The SMILES string of the molecule is COC(=O)c1cc(CBr)cc(C#N)c1Cl. The van der Waals surface area contributed by atoms with Gasteiger partial charge < -0.3 is 4.74 Å². The molecule has 0 saturated heterocycles. The molecule has 78 valence electrons. The molecular formula is C10H7BrClNO2. The van der Waals surface area contributed by atoms with E-state index in [1.54, 1.807) is 12.1 Å². The average molecular weight is 289 g/mol. The van der Waals surface area contributed by atoms with E-state index >= 15 is 0 Å². The van der Waals surface area contributed by atoms with Crippen LogP contribution in [0.25, 0.3) is 0 Å². The van der Waals surface area contributed by atoms with E-state index in [-0.39, 0.29) is 16.1 Å². The van der Waals surface area contributed by atoms with Crippen LogP contribution in [0.2, 0.25) is 5.02 Å². The first kappa shape index (κ1) is 12.0. The minimum absolute atomic E-state index is 0.133. The highest BCUT2D eigenvalue weighted by Crippen LogP contribution is 2.24. The van der Waals surface area contributed by atoms with Gasteiger partial charge in [-0.3, -0.25) is 0 Å². The summed E-state index contributed by atoms with van der Waals surface area (Å²) in [5.41, 5.74) is 1.29. The summed E-state index contributed by atoms with van der Waals surface area (Å²) in [7, 11) is 1.27. The normalized spacial score (nSPS) is 9.47. The lowest BCUT2D eigenvalue weighted by Gasteiger charge is -2.06. The fourth-order valence-electron chi connectivity index (χ4n) is 1.10. The van der Waals surface area contributed by atoms with Crippen molar-refractivity contribution in [3.8, 4) is 6.07 Å². The molecule has 0 unspecified atom stereocenters. The monoisotopic (exact) mass is 287 g/mol. The van der Waals surface area contributed by atoms with Crippen LogP contribution in [0.3, 0.4) is 0 Å². The maximum atomic E-state index is 11.3. The number of methoxy groups -OCH3 is 1. The molecule has 1 rings (SSSR count). The predicted octanol–water partition coefficient (Wildman–Crippen LogP) is 2.89. The van der Waals surface area contributed by atoms with Crippen LogP contribution in [0.5, 0.6) is 0 Å². The molecule has 1 aromatic carbocycles. The number of hydrogen-bond acceptors (Lipinski definition) is 3. The van der Waals surface area contributed by atoms with Gasteiger partial charge in [-0.1, -0.05) is 27.5 Å². The fourth-order valence-corrected chi connectivity index (χ4v) is 1.65. The lowest BCUT2D eigenvalue weighted by Crippen LogP contribution is -2.04. The van der Waals surface area contributed by atoms with E-state index in [0.29, 0.717) is 5.33 Å². The zero-order valence-corrected chi connectivity index (χ0v) is 10.2. The van der Waals surface area contributed by atoms with Crippen molar-refractivity contribution in [1.82, 2.24) is 0 Å². The summed E-state index contributed by atoms with van der Waals surface area (Å²) in [5.74, 6) is -0.542. The van der Waals surface area contributed by atoms with Crippen molar-refractivity contribution in [2.45, 2.75) is 5.33 Å². The Bertz CT molecular complexity index is 440. The zero-order valence-electron chi connectivity index (χ0n) is 7.88. The quantitative estimate of drug-likeness (QED) is 0.621. The van der Waals surface area contributed by atoms with Gasteiger partial charge >= 0.3 is 5.97 Å². The second-order valence-corrected chi connectivity index (χ2v) is 3.68. The third-order valence-corrected chi connectivity index (χ3v) is 2.87. The van der Waals surface area contributed by atoms with Gasteiger partial charge in [-0.2, -0.15) is 5.26 Å². The number of benzene rings is 1. The van der Waals surface area contributed by atoms with Gasteiger partial charge in [0.1, 0.15) is 6.07 Å². The summed E-state index contributed by atoms with van der Waals surface area (Å²) in [6.07, 6.45) is 0. The fraction of sp³-hybridized carbons (Fsp3) is 0.200. The number of esters is 1. The number of carbonyl (C=O) groups excluding carboxylic acids is 1. The molecule has 0 amide bonds. The van der Waals surface area contributed by atoms with Gasteiger partial charge in [0, 0.05) is 5.33 Å². The molecule has 0 aliphatic rings. The highest BCUT2D eigenvalue weighted by Gasteiger charge is 2.15. The molecule has 5 heteroatoms. The minimum Gasteiger partial charge on any atom is -0.465 e. The molecule has 3 nitrogen and oxygen atoms in total. The Kier molecular flexibility index (Phi) is 4.13. The van der Waals surface area contributed by atoms with Gasteiger partial charge in [0.2, 0.25) is 0 Å². The molecule has 0 aliphatic carbocycles. The Balaban J connectivity index is 3.38. The van der Waals surface area contributed by atoms with Crippen LogP contribution in [-0.4, -0.2) is 13.1 Å². The number of ether oxygens (including phenoxy) is 1.